The molecule has 1 aromatic heterocycles. The molecule has 1 amide bonds. The Morgan fingerprint density at radius 3 is 2.64 bits per heavy atom. The molecule has 1 N–H and O–H groups in total. The zero-order chi connectivity index (χ0) is 10.8. The molecule has 0 aliphatic rings. The predicted molar refractivity (Wildman–Crippen MR) is 58.1 cm³/mol. The fraction of sp³-hybridized carbons (Fsp3) is 0.600. The molecule has 78 valence electrons. The first-order valence-electron chi connectivity index (χ1n) is 4.61. The molecule has 0 aliphatic heterocycles. The van der Waals surface area contributed by atoms with E-state index in [1.54, 1.807) is 17.5 Å². The van der Waals surface area contributed by atoms with E-state index in [2.05, 4.69) is 10.3 Å². The number of thiazole rings is 1. The van der Waals surface area contributed by atoms with Crippen LogP contribution in [0.2, 0.25) is 0 Å². The van der Waals surface area contributed by atoms with Crippen molar-refractivity contribution in [1.29, 1.82) is 0 Å². The van der Waals surface area contributed by atoms with Crippen LogP contribution in [0.1, 0.15) is 38.7 Å². The number of hydrogen-bond acceptors (Lipinski definition) is 3. The molecule has 0 saturated heterocycles. The van der Waals surface area contributed by atoms with Gasteiger partial charge in [0.2, 0.25) is 5.91 Å². The van der Waals surface area contributed by atoms with Gasteiger partial charge in [0.1, 0.15) is 5.01 Å². The molecule has 3 nitrogen and oxygen atoms in total. The lowest BCUT2D eigenvalue weighted by Crippen LogP contribution is -2.36. The highest BCUT2D eigenvalue weighted by molar-refractivity contribution is 7.09. The van der Waals surface area contributed by atoms with E-state index in [1.807, 2.05) is 33.1 Å². The van der Waals surface area contributed by atoms with Crippen LogP contribution in [0.3, 0.4) is 0 Å². The minimum Gasteiger partial charge on any atom is -0.347 e. The number of carbonyl (C=O) groups is 1. The van der Waals surface area contributed by atoms with E-state index >= 15 is 0 Å². The van der Waals surface area contributed by atoms with Crippen molar-refractivity contribution in [2.75, 3.05) is 0 Å². The van der Waals surface area contributed by atoms with Gasteiger partial charge in [0.15, 0.2) is 0 Å². The highest BCUT2D eigenvalue weighted by Crippen LogP contribution is 2.18. The van der Waals surface area contributed by atoms with Crippen LogP contribution in [0, 0.1) is 5.41 Å². The van der Waals surface area contributed by atoms with Gasteiger partial charge >= 0.3 is 0 Å². The van der Waals surface area contributed by atoms with Gasteiger partial charge in [-0.25, -0.2) is 4.98 Å². The molecular formula is C10H16N2OS. The van der Waals surface area contributed by atoms with Crippen LogP contribution in [0.15, 0.2) is 11.6 Å². The van der Waals surface area contributed by atoms with E-state index in [4.69, 9.17) is 0 Å². The quantitative estimate of drug-likeness (QED) is 0.817. The Kier molecular flexibility index (Phi) is 3.26. The summed E-state index contributed by atoms with van der Waals surface area (Å²) in [6.45, 7) is 7.65. The Bertz CT molecular complexity index is 300. The van der Waals surface area contributed by atoms with E-state index in [-0.39, 0.29) is 17.4 Å². The van der Waals surface area contributed by atoms with Crippen molar-refractivity contribution in [3.05, 3.63) is 16.6 Å². The van der Waals surface area contributed by atoms with Crippen LogP contribution in [-0.2, 0) is 4.79 Å². The lowest BCUT2D eigenvalue weighted by atomic mass is 9.95. The highest BCUT2D eigenvalue weighted by Gasteiger charge is 2.23. The Morgan fingerprint density at radius 2 is 2.21 bits per heavy atom. The van der Waals surface area contributed by atoms with E-state index < -0.39 is 0 Å². The molecule has 0 radical (unpaired) electrons. The molecular weight excluding hydrogens is 196 g/mol. The molecule has 14 heavy (non-hydrogen) atoms. The SMILES string of the molecule is C[C@@H](NC(=O)C(C)(C)C)c1nccs1. The summed E-state index contributed by atoms with van der Waals surface area (Å²) in [7, 11) is 0. The smallest absolute Gasteiger partial charge is 0.225 e. The van der Waals surface area contributed by atoms with E-state index in [1.165, 1.54) is 0 Å². The minimum atomic E-state index is -0.342. The van der Waals surface area contributed by atoms with Crippen molar-refractivity contribution < 1.29 is 4.79 Å². The van der Waals surface area contributed by atoms with Crippen LogP contribution in [0.5, 0.6) is 0 Å². The summed E-state index contributed by atoms with van der Waals surface area (Å²) in [5.74, 6) is 0.0557. The lowest BCUT2D eigenvalue weighted by molar-refractivity contribution is -0.129. The molecule has 1 atom stereocenters. The van der Waals surface area contributed by atoms with Gasteiger partial charge < -0.3 is 5.32 Å². The second-order valence-electron chi connectivity index (χ2n) is 4.32. The van der Waals surface area contributed by atoms with Crippen LogP contribution in [0.25, 0.3) is 0 Å². The molecule has 0 aliphatic carbocycles. The van der Waals surface area contributed by atoms with Gasteiger partial charge in [-0.2, -0.15) is 0 Å². The second-order valence-corrected chi connectivity index (χ2v) is 5.24. The first-order valence-corrected chi connectivity index (χ1v) is 5.49. The fourth-order valence-corrected chi connectivity index (χ4v) is 1.57. The average molecular weight is 212 g/mol. The fourth-order valence-electron chi connectivity index (χ4n) is 0.923. The Morgan fingerprint density at radius 1 is 1.57 bits per heavy atom. The third-order valence-corrected chi connectivity index (χ3v) is 2.81. The summed E-state index contributed by atoms with van der Waals surface area (Å²) in [4.78, 5) is 15.8. The molecule has 0 unspecified atom stereocenters. The Balaban J connectivity index is 2.58. The van der Waals surface area contributed by atoms with Crippen molar-refractivity contribution in [3.63, 3.8) is 0 Å². The summed E-state index contributed by atoms with van der Waals surface area (Å²) in [5, 5.41) is 5.79. The van der Waals surface area contributed by atoms with Gasteiger partial charge in [0.05, 0.1) is 6.04 Å². The molecule has 0 spiro atoms. The van der Waals surface area contributed by atoms with Crippen molar-refractivity contribution in [2.45, 2.75) is 33.7 Å². The topological polar surface area (TPSA) is 42.0 Å². The number of aromatic nitrogens is 1. The first-order chi connectivity index (χ1) is 6.41. The molecule has 0 saturated carbocycles. The molecule has 0 aromatic carbocycles. The molecule has 0 bridgehead atoms. The predicted octanol–water partition coefficient (Wildman–Crippen LogP) is 2.37. The van der Waals surface area contributed by atoms with Gasteiger partial charge in [0, 0.05) is 17.0 Å². The normalized spacial score (nSPS) is 13.7. The van der Waals surface area contributed by atoms with Crippen molar-refractivity contribution in [2.24, 2.45) is 5.41 Å². The summed E-state index contributed by atoms with van der Waals surface area (Å²) in [6, 6.07) is 0.00160. The summed E-state index contributed by atoms with van der Waals surface area (Å²) in [5.41, 5.74) is -0.342. The Labute approximate surface area is 88.6 Å². The number of nitrogens with one attached hydrogen (secondary N) is 1. The van der Waals surface area contributed by atoms with E-state index in [0.717, 1.165) is 5.01 Å². The number of carbonyl (C=O) groups excluding carboxylic acids is 1. The average Bonchev–Trinajstić information content (AvgIpc) is 2.53. The minimum absolute atomic E-state index is 0.00160. The first kappa shape index (κ1) is 11.2. The maximum Gasteiger partial charge on any atom is 0.225 e. The van der Waals surface area contributed by atoms with E-state index in [9.17, 15) is 4.79 Å². The zero-order valence-corrected chi connectivity index (χ0v) is 9.81. The number of nitrogens with zero attached hydrogens (tertiary/aromatic N) is 1. The maximum atomic E-state index is 11.6. The van der Waals surface area contributed by atoms with E-state index in [0.29, 0.717) is 0 Å². The number of amides is 1. The summed E-state index contributed by atoms with van der Waals surface area (Å²) in [6.07, 6.45) is 1.75. The molecule has 1 aromatic rings. The van der Waals surface area contributed by atoms with Crippen molar-refractivity contribution in [1.82, 2.24) is 10.3 Å². The van der Waals surface area contributed by atoms with Gasteiger partial charge in [-0.3, -0.25) is 4.79 Å². The number of rotatable bonds is 2. The second kappa shape index (κ2) is 4.09. The Hall–Kier alpha value is -0.900. The van der Waals surface area contributed by atoms with Crippen LogP contribution in [-0.4, -0.2) is 10.9 Å². The van der Waals surface area contributed by atoms with Crippen molar-refractivity contribution in [3.8, 4) is 0 Å². The molecule has 0 fully saturated rings. The lowest BCUT2D eigenvalue weighted by Gasteiger charge is -2.20. The maximum absolute atomic E-state index is 11.6. The largest absolute Gasteiger partial charge is 0.347 e. The van der Waals surface area contributed by atoms with Crippen LogP contribution in [0.4, 0.5) is 0 Å². The third kappa shape index (κ3) is 2.80. The molecule has 1 heterocycles. The van der Waals surface area contributed by atoms with Crippen LogP contribution >= 0.6 is 11.3 Å². The van der Waals surface area contributed by atoms with Gasteiger partial charge in [0.25, 0.3) is 0 Å². The zero-order valence-electron chi connectivity index (χ0n) is 9.00. The molecule has 4 heteroatoms. The van der Waals surface area contributed by atoms with Gasteiger partial charge in [-0.05, 0) is 6.92 Å². The molecule has 1 rings (SSSR count). The standard InChI is InChI=1S/C10H16N2OS/c1-7(8-11-5-6-14-8)12-9(13)10(2,3)4/h5-7H,1-4H3,(H,12,13)/t7-/m1/s1. The van der Waals surface area contributed by atoms with Gasteiger partial charge in [-0.1, -0.05) is 20.8 Å². The highest BCUT2D eigenvalue weighted by atomic mass is 32.1. The van der Waals surface area contributed by atoms with Crippen molar-refractivity contribution >= 4 is 17.2 Å². The monoisotopic (exact) mass is 212 g/mol. The third-order valence-electron chi connectivity index (χ3n) is 1.85. The van der Waals surface area contributed by atoms with Gasteiger partial charge in [-0.15, -0.1) is 11.3 Å². The number of hydrogen-bond donors (Lipinski definition) is 1. The summed E-state index contributed by atoms with van der Waals surface area (Å²) < 4.78 is 0. The van der Waals surface area contributed by atoms with Crippen LogP contribution < -0.4 is 5.32 Å². The summed E-state index contributed by atoms with van der Waals surface area (Å²) >= 11 is 1.56.